The van der Waals surface area contributed by atoms with E-state index in [9.17, 15) is 0 Å². The van der Waals surface area contributed by atoms with Crippen LogP contribution in [0.3, 0.4) is 0 Å². The van der Waals surface area contributed by atoms with E-state index in [-0.39, 0.29) is 0 Å². The summed E-state index contributed by atoms with van der Waals surface area (Å²) in [6.07, 6.45) is 0. The molecule has 0 unspecified atom stereocenters. The Morgan fingerprint density at radius 2 is 0.688 bits per heavy atom. The quantitative estimate of drug-likeness (QED) is 0.266. The van der Waals surface area contributed by atoms with Gasteiger partial charge in [-0.3, -0.25) is 0 Å². The lowest BCUT2D eigenvalue weighted by molar-refractivity contribution is 1.50. The lowest BCUT2D eigenvalue weighted by Crippen LogP contribution is -1.85. The molecule has 0 aliphatic heterocycles. The van der Waals surface area contributed by atoms with Gasteiger partial charge < -0.3 is 0 Å². The van der Waals surface area contributed by atoms with Crippen LogP contribution in [0.15, 0.2) is 109 Å². The van der Waals surface area contributed by atoms with E-state index in [4.69, 9.17) is 0 Å². The van der Waals surface area contributed by atoms with E-state index in [2.05, 4.69) is 109 Å². The second-order valence-corrected chi connectivity index (χ2v) is 6.63. The summed E-state index contributed by atoms with van der Waals surface area (Å²) in [5.41, 5.74) is 5.08. The van der Waals surface area contributed by atoms with E-state index in [1.807, 2.05) is 41.5 Å². The molecule has 164 valence electrons. The summed E-state index contributed by atoms with van der Waals surface area (Å²) in [5, 5.41) is 5.15. The molecule has 0 amide bonds. The molecule has 0 aromatic heterocycles. The van der Waals surface area contributed by atoms with Crippen molar-refractivity contribution in [3.63, 3.8) is 0 Å². The van der Waals surface area contributed by atoms with E-state index in [1.54, 1.807) is 0 Å². The van der Waals surface area contributed by atoms with Gasteiger partial charge in [0.05, 0.1) is 0 Å². The van der Waals surface area contributed by atoms with Gasteiger partial charge in [0.15, 0.2) is 0 Å². The highest BCUT2D eigenvalue weighted by Gasteiger charge is 2.07. The zero-order valence-electron chi connectivity index (χ0n) is 20.4. The largest absolute Gasteiger partial charge is 0.0683 e. The first kappa shape index (κ1) is 24.9. The molecule has 0 spiro atoms. The van der Waals surface area contributed by atoms with Crippen LogP contribution >= 0.6 is 0 Å². The Kier molecular flexibility index (Phi) is 10.2. The van der Waals surface area contributed by atoms with Crippen LogP contribution in [0.2, 0.25) is 0 Å². The summed E-state index contributed by atoms with van der Waals surface area (Å²) in [6, 6.07) is 39.1. The van der Waals surface area contributed by atoms with Crippen LogP contribution in [0.25, 0.3) is 43.8 Å². The molecule has 0 saturated carbocycles. The van der Waals surface area contributed by atoms with Gasteiger partial charge in [0.1, 0.15) is 0 Å². The van der Waals surface area contributed by atoms with Gasteiger partial charge in [-0.2, -0.15) is 0 Å². The molecule has 0 fully saturated rings. The average Bonchev–Trinajstić information content (AvgIpc) is 2.91. The molecule has 0 aliphatic rings. The third-order valence-electron chi connectivity index (χ3n) is 5.06. The number of rotatable bonds is 2. The Hall–Kier alpha value is -3.38. The first-order chi connectivity index (χ1) is 15.9. The minimum absolute atomic E-state index is 1.26. The van der Waals surface area contributed by atoms with Crippen LogP contribution in [0.1, 0.15) is 41.5 Å². The molecule has 32 heavy (non-hydrogen) atoms. The summed E-state index contributed by atoms with van der Waals surface area (Å²) in [4.78, 5) is 0. The molecule has 5 aromatic rings. The maximum atomic E-state index is 2.31. The van der Waals surface area contributed by atoms with E-state index < -0.39 is 0 Å². The topological polar surface area (TPSA) is 0 Å². The highest BCUT2D eigenvalue weighted by molar-refractivity contribution is 6.00. The van der Waals surface area contributed by atoms with E-state index in [0.29, 0.717) is 0 Å². The monoisotopic (exact) mass is 420 g/mol. The van der Waals surface area contributed by atoms with E-state index >= 15 is 0 Å². The lowest BCUT2D eigenvalue weighted by atomic mass is 9.93. The van der Waals surface area contributed by atoms with Crippen molar-refractivity contribution in [2.45, 2.75) is 41.5 Å². The van der Waals surface area contributed by atoms with Gasteiger partial charge in [-0.1, -0.05) is 145 Å². The summed E-state index contributed by atoms with van der Waals surface area (Å²) in [7, 11) is 0. The maximum Gasteiger partial charge on any atom is -0.0105 e. The van der Waals surface area contributed by atoms with Crippen LogP contribution in [0.5, 0.6) is 0 Å². The number of benzene rings is 5. The zero-order valence-corrected chi connectivity index (χ0v) is 20.4. The molecule has 5 aromatic carbocycles. The smallest absolute Gasteiger partial charge is 0.0105 e. The Morgan fingerprint density at radius 3 is 1.12 bits per heavy atom. The first-order valence-corrected chi connectivity index (χ1v) is 12.0. The number of fused-ring (bicyclic) bond motifs is 2. The van der Waals surface area contributed by atoms with Crippen molar-refractivity contribution < 1.29 is 0 Å². The van der Waals surface area contributed by atoms with E-state index in [1.165, 1.54) is 43.8 Å². The number of hydrogen-bond acceptors (Lipinski definition) is 0. The Morgan fingerprint density at radius 1 is 0.344 bits per heavy atom. The van der Waals surface area contributed by atoms with Gasteiger partial charge in [-0.25, -0.2) is 0 Å². The molecule has 5 rings (SSSR count). The van der Waals surface area contributed by atoms with Gasteiger partial charge in [0.2, 0.25) is 0 Å². The summed E-state index contributed by atoms with van der Waals surface area (Å²) in [6.45, 7) is 12.0. The van der Waals surface area contributed by atoms with Gasteiger partial charge >= 0.3 is 0 Å². The minimum Gasteiger partial charge on any atom is -0.0683 e. The Labute approximate surface area is 194 Å². The third kappa shape index (κ3) is 5.45. The van der Waals surface area contributed by atoms with Gasteiger partial charge in [-0.15, -0.1) is 0 Å². The molecular weight excluding hydrogens is 384 g/mol. The molecule has 0 heteroatoms. The molecule has 0 radical (unpaired) electrons. The molecule has 0 N–H and O–H groups in total. The van der Waals surface area contributed by atoms with Crippen LogP contribution in [0.4, 0.5) is 0 Å². The molecule has 0 aliphatic carbocycles. The van der Waals surface area contributed by atoms with Crippen LogP contribution in [-0.2, 0) is 0 Å². The molecule has 0 saturated heterocycles. The van der Waals surface area contributed by atoms with Crippen LogP contribution in [0, 0.1) is 0 Å². The fourth-order valence-corrected chi connectivity index (χ4v) is 3.81. The van der Waals surface area contributed by atoms with Crippen LogP contribution in [-0.4, -0.2) is 0 Å². The van der Waals surface area contributed by atoms with Gasteiger partial charge in [0.25, 0.3) is 0 Å². The fourth-order valence-electron chi connectivity index (χ4n) is 3.81. The summed E-state index contributed by atoms with van der Waals surface area (Å²) < 4.78 is 0. The predicted octanol–water partition coefficient (Wildman–Crippen LogP) is 10.4. The molecule has 0 bridgehead atoms. The first-order valence-electron chi connectivity index (χ1n) is 12.0. The maximum absolute atomic E-state index is 2.31. The minimum atomic E-state index is 1.26. The highest BCUT2D eigenvalue weighted by Crippen LogP contribution is 2.34. The standard InChI is InChI=1S/C26H18.3C2H6/c1-3-14-23-19(8-1)10-6-16-25(23)21-12-5-13-22(18-21)26-17-7-11-20-9-2-4-15-24(20)26;3*1-2/h1-18H;3*1-2H3. The number of hydrogen-bond donors (Lipinski definition) is 0. The molecule has 0 nitrogen and oxygen atoms in total. The van der Waals surface area contributed by atoms with Crippen molar-refractivity contribution >= 4 is 21.5 Å². The molecule has 0 atom stereocenters. The van der Waals surface area contributed by atoms with Gasteiger partial charge in [-0.05, 0) is 49.9 Å². The average molecular weight is 421 g/mol. The Balaban J connectivity index is 0.000000561. The SMILES string of the molecule is CC.CC.CC.c1cc(-c2cccc3ccccc23)cc(-c2cccc3ccccc23)c1. The summed E-state index contributed by atoms with van der Waals surface area (Å²) in [5.74, 6) is 0. The van der Waals surface area contributed by atoms with Crippen molar-refractivity contribution in [1.82, 2.24) is 0 Å². The second-order valence-electron chi connectivity index (χ2n) is 6.63. The normalized spacial score (nSPS) is 9.56. The predicted molar refractivity (Wildman–Crippen MR) is 146 cm³/mol. The second kappa shape index (κ2) is 13.1. The lowest BCUT2D eigenvalue weighted by Gasteiger charge is -2.11. The summed E-state index contributed by atoms with van der Waals surface area (Å²) >= 11 is 0. The molecule has 0 heterocycles. The fraction of sp³-hybridized carbons (Fsp3) is 0.188. The van der Waals surface area contributed by atoms with Crippen molar-refractivity contribution in [3.8, 4) is 22.3 Å². The zero-order chi connectivity index (χ0) is 23.3. The Bertz CT molecular complexity index is 1130. The van der Waals surface area contributed by atoms with Gasteiger partial charge in [0, 0.05) is 0 Å². The van der Waals surface area contributed by atoms with Crippen LogP contribution < -0.4 is 0 Å². The van der Waals surface area contributed by atoms with Crippen molar-refractivity contribution in [3.05, 3.63) is 109 Å². The third-order valence-corrected chi connectivity index (χ3v) is 5.06. The van der Waals surface area contributed by atoms with E-state index in [0.717, 1.165) is 0 Å². The van der Waals surface area contributed by atoms with Crippen molar-refractivity contribution in [2.24, 2.45) is 0 Å². The van der Waals surface area contributed by atoms with Crippen molar-refractivity contribution in [2.75, 3.05) is 0 Å². The molecular formula is C32H36. The highest BCUT2D eigenvalue weighted by atomic mass is 14.1. The van der Waals surface area contributed by atoms with Crippen molar-refractivity contribution in [1.29, 1.82) is 0 Å².